The van der Waals surface area contributed by atoms with Gasteiger partial charge in [-0.2, -0.15) is 0 Å². The summed E-state index contributed by atoms with van der Waals surface area (Å²) < 4.78 is 0. The first-order chi connectivity index (χ1) is 7.63. The second-order valence-corrected chi connectivity index (χ2v) is 5.86. The maximum Gasteiger partial charge on any atom is 0.188 e. The van der Waals surface area contributed by atoms with Gasteiger partial charge in [-0.1, -0.05) is 11.8 Å². The highest BCUT2D eigenvalue weighted by Gasteiger charge is 2.20. The molecule has 1 heterocycles. The predicted molar refractivity (Wildman–Crippen MR) is 67.6 cm³/mol. The Kier molecular flexibility index (Phi) is 3.82. The van der Waals surface area contributed by atoms with E-state index in [-0.39, 0.29) is 0 Å². The van der Waals surface area contributed by atoms with Gasteiger partial charge >= 0.3 is 0 Å². The normalized spacial score (nSPS) is 25.7. The van der Waals surface area contributed by atoms with Crippen LogP contribution in [0.3, 0.4) is 0 Å². The Hall–Kier alpha value is -0.610. The van der Waals surface area contributed by atoms with Crippen LogP contribution in [0.1, 0.15) is 37.1 Å². The Morgan fingerprint density at radius 3 is 2.25 bits per heavy atom. The fourth-order valence-electron chi connectivity index (χ4n) is 2.10. The van der Waals surface area contributed by atoms with E-state index in [2.05, 4.69) is 9.97 Å². The molecular weight excluding hydrogens is 218 g/mol. The fourth-order valence-corrected chi connectivity index (χ4v) is 3.30. The van der Waals surface area contributed by atoms with Crippen molar-refractivity contribution in [2.24, 2.45) is 5.73 Å². The zero-order chi connectivity index (χ0) is 11.5. The molecule has 0 spiro atoms. The van der Waals surface area contributed by atoms with Crippen molar-refractivity contribution < 1.29 is 0 Å². The molecule has 1 aromatic heterocycles. The van der Waals surface area contributed by atoms with E-state index in [9.17, 15) is 0 Å². The van der Waals surface area contributed by atoms with Crippen LogP contribution in [0.25, 0.3) is 0 Å². The van der Waals surface area contributed by atoms with Crippen LogP contribution in [0.15, 0.2) is 11.2 Å². The molecule has 3 nitrogen and oxygen atoms in total. The summed E-state index contributed by atoms with van der Waals surface area (Å²) in [6, 6.07) is 2.43. The number of nitrogens with zero attached hydrogens (tertiary/aromatic N) is 2. The van der Waals surface area contributed by atoms with Gasteiger partial charge in [0.05, 0.1) is 0 Å². The molecule has 0 radical (unpaired) electrons. The minimum absolute atomic E-state index is 0.414. The van der Waals surface area contributed by atoms with E-state index in [0.717, 1.165) is 29.4 Å². The van der Waals surface area contributed by atoms with Gasteiger partial charge in [-0.15, -0.1) is 0 Å². The van der Waals surface area contributed by atoms with Crippen LogP contribution < -0.4 is 5.73 Å². The lowest BCUT2D eigenvalue weighted by atomic mass is 9.96. The molecule has 2 rings (SSSR count). The molecule has 1 aromatic rings. The predicted octanol–water partition coefficient (Wildman–Crippen LogP) is 2.46. The SMILES string of the molecule is Cc1cc(C)nc(SC2CCC(N)CC2)n1. The average Bonchev–Trinajstić information content (AvgIpc) is 2.20. The molecule has 0 aliphatic heterocycles. The fraction of sp³-hybridized carbons (Fsp3) is 0.667. The van der Waals surface area contributed by atoms with Crippen molar-refractivity contribution in [2.75, 3.05) is 0 Å². The minimum Gasteiger partial charge on any atom is -0.328 e. The minimum atomic E-state index is 0.414. The number of hydrogen-bond donors (Lipinski definition) is 1. The summed E-state index contributed by atoms with van der Waals surface area (Å²) in [6.07, 6.45) is 4.68. The number of rotatable bonds is 2. The van der Waals surface area contributed by atoms with Crippen LogP contribution in [0.4, 0.5) is 0 Å². The van der Waals surface area contributed by atoms with E-state index in [1.54, 1.807) is 0 Å². The van der Waals surface area contributed by atoms with E-state index in [4.69, 9.17) is 5.73 Å². The third-order valence-corrected chi connectivity index (χ3v) is 4.15. The summed E-state index contributed by atoms with van der Waals surface area (Å²) in [6.45, 7) is 4.05. The second-order valence-electron chi connectivity index (χ2n) is 4.59. The smallest absolute Gasteiger partial charge is 0.188 e. The maximum atomic E-state index is 5.90. The Bertz CT molecular complexity index is 339. The van der Waals surface area contributed by atoms with Gasteiger partial charge < -0.3 is 5.73 Å². The second kappa shape index (κ2) is 5.15. The van der Waals surface area contributed by atoms with Gasteiger partial charge in [0.2, 0.25) is 0 Å². The van der Waals surface area contributed by atoms with Gasteiger partial charge in [-0.05, 0) is 45.6 Å². The van der Waals surface area contributed by atoms with Crippen LogP contribution in [-0.2, 0) is 0 Å². The van der Waals surface area contributed by atoms with Crippen molar-refractivity contribution in [1.82, 2.24) is 9.97 Å². The van der Waals surface area contributed by atoms with E-state index in [1.807, 2.05) is 31.7 Å². The van der Waals surface area contributed by atoms with Crippen LogP contribution >= 0.6 is 11.8 Å². The third-order valence-electron chi connectivity index (χ3n) is 2.95. The molecule has 0 saturated heterocycles. The van der Waals surface area contributed by atoms with E-state index >= 15 is 0 Å². The summed E-state index contributed by atoms with van der Waals surface area (Å²) in [5.74, 6) is 0. The first-order valence-electron chi connectivity index (χ1n) is 5.88. The molecule has 1 fully saturated rings. The first kappa shape index (κ1) is 11.9. The van der Waals surface area contributed by atoms with Crippen LogP contribution in [0, 0.1) is 13.8 Å². The lowest BCUT2D eigenvalue weighted by Crippen LogP contribution is -2.27. The van der Waals surface area contributed by atoms with Crippen LogP contribution in [0.2, 0.25) is 0 Å². The van der Waals surface area contributed by atoms with Crippen molar-refractivity contribution >= 4 is 11.8 Å². The molecule has 0 unspecified atom stereocenters. The zero-order valence-electron chi connectivity index (χ0n) is 9.94. The van der Waals surface area contributed by atoms with Crippen LogP contribution in [-0.4, -0.2) is 21.3 Å². The molecule has 1 aliphatic rings. The van der Waals surface area contributed by atoms with Gasteiger partial charge in [0.1, 0.15) is 0 Å². The summed E-state index contributed by atoms with van der Waals surface area (Å²) in [5.41, 5.74) is 8.01. The highest BCUT2D eigenvalue weighted by atomic mass is 32.2. The lowest BCUT2D eigenvalue weighted by Gasteiger charge is -2.24. The number of aryl methyl sites for hydroxylation is 2. The summed E-state index contributed by atoms with van der Waals surface area (Å²) in [5, 5.41) is 1.58. The molecule has 0 aromatic carbocycles. The zero-order valence-corrected chi connectivity index (χ0v) is 10.8. The number of nitrogens with two attached hydrogens (primary N) is 1. The Balaban J connectivity index is 1.98. The summed E-state index contributed by atoms with van der Waals surface area (Å²) in [4.78, 5) is 8.94. The van der Waals surface area contributed by atoms with Gasteiger partial charge in [-0.3, -0.25) is 0 Å². The monoisotopic (exact) mass is 237 g/mol. The number of hydrogen-bond acceptors (Lipinski definition) is 4. The largest absolute Gasteiger partial charge is 0.328 e. The first-order valence-corrected chi connectivity index (χ1v) is 6.76. The molecule has 0 amide bonds. The van der Waals surface area contributed by atoms with Gasteiger partial charge in [-0.25, -0.2) is 9.97 Å². The third kappa shape index (κ3) is 3.19. The topological polar surface area (TPSA) is 51.8 Å². The maximum absolute atomic E-state index is 5.90. The molecule has 2 N–H and O–H groups in total. The van der Waals surface area contributed by atoms with E-state index in [0.29, 0.717) is 11.3 Å². The van der Waals surface area contributed by atoms with Gasteiger partial charge in [0.15, 0.2) is 5.16 Å². The van der Waals surface area contributed by atoms with Gasteiger partial charge in [0, 0.05) is 22.7 Å². The van der Waals surface area contributed by atoms with Crippen molar-refractivity contribution in [3.63, 3.8) is 0 Å². The highest BCUT2D eigenvalue weighted by Crippen LogP contribution is 2.31. The lowest BCUT2D eigenvalue weighted by molar-refractivity contribution is 0.450. The number of aromatic nitrogens is 2. The van der Waals surface area contributed by atoms with Crippen molar-refractivity contribution in [1.29, 1.82) is 0 Å². The van der Waals surface area contributed by atoms with E-state index in [1.165, 1.54) is 12.8 Å². The number of thioether (sulfide) groups is 1. The summed E-state index contributed by atoms with van der Waals surface area (Å²) in [7, 11) is 0. The standard InChI is InChI=1S/C12H19N3S/c1-8-7-9(2)15-12(14-8)16-11-5-3-10(13)4-6-11/h7,10-11H,3-6,13H2,1-2H3. The molecule has 0 bridgehead atoms. The molecule has 0 atom stereocenters. The molecule has 16 heavy (non-hydrogen) atoms. The van der Waals surface area contributed by atoms with Gasteiger partial charge in [0.25, 0.3) is 0 Å². The highest BCUT2D eigenvalue weighted by molar-refractivity contribution is 7.99. The molecular formula is C12H19N3S. The quantitative estimate of drug-likeness (QED) is 0.803. The summed E-state index contributed by atoms with van der Waals surface area (Å²) >= 11 is 1.82. The molecule has 1 saturated carbocycles. The Morgan fingerprint density at radius 1 is 1.12 bits per heavy atom. The molecule has 1 aliphatic carbocycles. The Labute approximate surface area is 101 Å². The van der Waals surface area contributed by atoms with E-state index < -0.39 is 0 Å². The average molecular weight is 237 g/mol. The molecule has 4 heteroatoms. The Morgan fingerprint density at radius 2 is 1.69 bits per heavy atom. The van der Waals surface area contributed by atoms with Crippen LogP contribution in [0.5, 0.6) is 0 Å². The molecule has 88 valence electrons. The van der Waals surface area contributed by atoms with Crippen molar-refractivity contribution in [3.05, 3.63) is 17.5 Å². The van der Waals surface area contributed by atoms with Crippen molar-refractivity contribution in [3.8, 4) is 0 Å². The van der Waals surface area contributed by atoms with Crippen molar-refractivity contribution in [2.45, 2.75) is 56.0 Å².